The fourth-order valence-corrected chi connectivity index (χ4v) is 6.72. The van der Waals surface area contributed by atoms with E-state index in [4.69, 9.17) is 0 Å². The van der Waals surface area contributed by atoms with Crippen LogP contribution in [0.5, 0.6) is 0 Å². The number of fused-ring (bicyclic) bond motifs is 2. The molecule has 0 aromatic heterocycles. The third-order valence-electron chi connectivity index (χ3n) is 8.97. The van der Waals surface area contributed by atoms with Gasteiger partial charge in [0, 0.05) is 11.5 Å². The number of Topliss-reactive ketones (excluding diaryl/α,β-unsaturated/α-hetero) is 3. The molecule has 2 aliphatic carbocycles. The van der Waals surface area contributed by atoms with E-state index in [1.807, 2.05) is 74.5 Å². The Morgan fingerprint density at radius 3 is 1.90 bits per heavy atom. The standard InChI is InChI=1S/C35H52O4.Na.H/c1-22(2)13-12-19-33(11)27(16-14-23(3)4)21-34(20-18-25(7)8)30(37)28(17-15-24(5)6)31(38)35(33,32(34)39)29(36)26(9)10;;/h13-15,18,26-27,38H,12,16-17,19-21H2,1-11H3;;/t27-,33+,34+,35-;;/m0../s1. The number of carbonyl (C=O) groups excluding carboxylic acids is 3. The zero-order valence-electron chi connectivity index (χ0n) is 26.4. The molecule has 4 atom stereocenters. The number of hydrogen-bond acceptors (Lipinski definition) is 4. The average Bonchev–Trinajstić information content (AvgIpc) is 2.81. The van der Waals surface area contributed by atoms with E-state index in [1.165, 1.54) is 5.57 Å². The first-order valence-corrected chi connectivity index (χ1v) is 14.6. The van der Waals surface area contributed by atoms with Crippen LogP contribution in [0.4, 0.5) is 0 Å². The van der Waals surface area contributed by atoms with Gasteiger partial charge in [0.15, 0.2) is 22.8 Å². The summed E-state index contributed by atoms with van der Waals surface area (Å²) in [6.45, 7) is 21.6. The van der Waals surface area contributed by atoms with E-state index >= 15 is 0 Å². The zero-order chi connectivity index (χ0) is 29.9. The molecule has 4 nitrogen and oxygen atoms in total. The van der Waals surface area contributed by atoms with Crippen LogP contribution in [0, 0.1) is 28.1 Å². The minimum absolute atomic E-state index is 0. The Hall–Kier alpha value is -1.49. The monoisotopic (exact) mass is 560 g/mol. The Balaban J connectivity index is 0.00000800. The zero-order valence-corrected chi connectivity index (χ0v) is 26.4. The van der Waals surface area contributed by atoms with Crippen LogP contribution in [-0.2, 0) is 14.4 Å². The van der Waals surface area contributed by atoms with Crippen molar-refractivity contribution in [1.29, 1.82) is 0 Å². The van der Waals surface area contributed by atoms with Crippen molar-refractivity contribution in [3.63, 3.8) is 0 Å². The first-order chi connectivity index (χ1) is 18.0. The van der Waals surface area contributed by atoms with Gasteiger partial charge in [-0.1, -0.05) is 67.4 Å². The van der Waals surface area contributed by atoms with Gasteiger partial charge in [0.1, 0.15) is 5.76 Å². The number of allylic oxidation sites excluding steroid dienone is 10. The Bertz CT molecular complexity index is 1150. The van der Waals surface area contributed by atoms with Crippen molar-refractivity contribution >= 4 is 46.9 Å². The summed E-state index contributed by atoms with van der Waals surface area (Å²) in [6.07, 6.45) is 10.9. The second-order valence-corrected chi connectivity index (χ2v) is 13.5. The van der Waals surface area contributed by atoms with Crippen molar-refractivity contribution in [2.45, 2.75) is 115 Å². The summed E-state index contributed by atoms with van der Waals surface area (Å²) >= 11 is 0. The number of hydrogen-bond donors (Lipinski definition) is 1. The Kier molecular flexibility index (Phi) is 12.9. The molecule has 0 heterocycles. The summed E-state index contributed by atoms with van der Waals surface area (Å²) in [5.74, 6) is -1.87. The van der Waals surface area contributed by atoms with Gasteiger partial charge in [-0.05, 0) is 105 Å². The molecule has 2 rings (SSSR count). The summed E-state index contributed by atoms with van der Waals surface area (Å²) in [6, 6.07) is 0. The fourth-order valence-electron chi connectivity index (χ4n) is 6.72. The van der Waals surface area contributed by atoms with Gasteiger partial charge < -0.3 is 5.11 Å². The first-order valence-electron chi connectivity index (χ1n) is 14.6. The van der Waals surface area contributed by atoms with E-state index in [1.54, 1.807) is 13.8 Å². The molecule has 1 fully saturated rings. The molecule has 0 saturated heterocycles. The van der Waals surface area contributed by atoms with Crippen LogP contribution in [-0.4, -0.2) is 52.0 Å². The molecule has 2 aliphatic rings. The maximum absolute atomic E-state index is 15.0. The first kappa shape index (κ1) is 36.5. The molecule has 0 aromatic carbocycles. The Labute approximate surface area is 265 Å². The van der Waals surface area contributed by atoms with E-state index in [2.05, 4.69) is 12.2 Å². The molecular weight excluding hydrogens is 507 g/mol. The van der Waals surface area contributed by atoms with Crippen LogP contribution in [0.3, 0.4) is 0 Å². The fraction of sp³-hybridized carbons (Fsp3) is 0.629. The molecule has 0 radical (unpaired) electrons. The number of ketones is 3. The summed E-state index contributed by atoms with van der Waals surface area (Å²) in [7, 11) is 0. The average molecular weight is 561 g/mol. The van der Waals surface area contributed by atoms with E-state index in [-0.39, 0.29) is 77.0 Å². The summed E-state index contributed by atoms with van der Waals surface area (Å²) < 4.78 is 0. The molecule has 1 saturated carbocycles. The van der Waals surface area contributed by atoms with Gasteiger partial charge in [-0.3, -0.25) is 14.4 Å². The third kappa shape index (κ3) is 6.60. The quantitative estimate of drug-likeness (QED) is 0.157. The number of carbonyl (C=O) groups is 3. The molecule has 40 heavy (non-hydrogen) atoms. The van der Waals surface area contributed by atoms with Gasteiger partial charge in [-0.25, -0.2) is 0 Å². The van der Waals surface area contributed by atoms with Gasteiger partial charge in [-0.2, -0.15) is 0 Å². The summed E-state index contributed by atoms with van der Waals surface area (Å²) in [4.78, 5) is 43.9. The predicted molar refractivity (Wildman–Crippen MR) is 169 cm³/mol. The second kappa shape index (κ2) is 14.1. The molecule has 0 aromatic rings. The Morgan fingerprint density at radius 2 is 1.43 bits per heavy atom. The number of rotatable bonds is 11. The van der Waals surface area contributed by atoms with Crippen LogP contribution < -0.4 is 0 Å². The van der Waals surface area contributed by atoms with Crippen molar-refractivity contribution in [3.05, 3.63) is 57.9 Å². The van der Waals surface area contributed by atoms with Crippen molar-refractivity contribution in [3.8, 4) is 0 Å². The molecule has 0 unspecified atom stereocenters. The van der Waals surface area contributed by atoms with E-state index in [0.717, 1.165) is 16.7 Å². The molecule has 0 amide bonds. The molecule has 0 aliphatic heterocycles. The van der Waals surface area contributed by atoms with Crippen LogP contribution in [0.2, 0.25) is 0 Å². The van der Waals surface area contributed by atoms with Crippen molar-refractivity contribution < 1.29 is 19.5 Å². The maximum atomic E-state index is 15.0. The van der Waals surface area contributed by atoms with E-state index in [0.29, 0.717) is 25.7 Å². The van der Waals surface area contributed by atoms with Crippen molar-refractivity contribution in [2.24, 2.45) is 28.1 Å². The van der Waals surface area contributed by atoms with Crippen LogP contribution in [0.1, 0.15) is 115 Å². The Morgan fingerprint density at radius 1 is 0.900 bits per heavy atom. The molecule has 0 spiro atoms. The molecule has 2 bridgehead atoms. The number of aliphatic hydroxyl groups excluding tert-OH is 1. The van der Waals surface area contributed by atoms with E-state index < -0.39 is 22.2 Å². The minimum atomic E-state index is -1.76. The summed E-state index contributed by atoms with van der Waals surface area (Å²) in [5.41, 5.74) is 0.611. The van der Waals surface area contributed by atoms with Gasteiger partial charge in [0.05, 0.1) is 5.41 Å². The number of aliphatic hydroxyl groups is 1. The predicted octanol–water partition coefficient (Wildman–Crippen LogP) is 8.34. The van der Waals surface area contributed by atoms with Crippen LogP contribution >= 0.6 is 0 Å². The van der Waals surface area contributed by atoms with Gasteiger partial charge in [0.25, 0.3) is 0 Å². The van der Waals surface area contributed by atoms with Crippen molar-refractivity contribution in [1.82, 2.24) is 0 Å². The molecular formula is C35H53NaO4. The molecule has 1 N–H and O–H groups in total. The normalized spacial score (nSPS) is 27.6. The van der Waals surface area contributed by atoms with Crippen molar-refractivity contribution in [2.75, 3.05) is 0 Å². The van der Waals surface area contributed by atoms with Crippen LogP contribution in [0.15, 0.2) is 57.9 Å². The molecule has 5 heteroatoms. The topological polar surface area (TPSA) is 71.4 Å². The van der Waals surface area contributed by atoms with Gasteiger partial charge in [0.2, 0.25) is 0 Å². The van der Waals surface area contributed by atoms with Gasteiger partial charge in [-0.15, -0.1) is 0 Å². The SMILES string of the molecule is CC(C)=CCC[C@]1(C)[C@@H](CC=C(C)C)C[C@]2(CC=C(C)C)C(=O)C(CC=C(C)C)=C(O)[C@@]1(C(=O)C(C)C)C2=O.[NaH]. The van der Waals surface area contributed by atoms with Crippen LogP contribution in [0.25, 0.3) is 0 Å². The summed E-state index contributed by atoms with van der Waals surface area (Å²) in [5, 5.41) is 12.2. The van der Waals surface area contributed by atoms with Gasteiger partial charge >= 0.3 is 29.6 Å². The molecule has 218 valence electrons. The van der Waals surface area contributed by atoms with E-state index in [9.17, 15) is 19.5 Å². The second-order valence-electron chi connectivity index (χ2n) is 13.5. The third-order valence-corrected chi connectivity index (χ3v) is 8.97.